The highest BCUT2D eigenvalue weighted by molar-refractivity contribution is 5.78. The molecule has 0 bridgehead atoms. The first-order valence-electron chi connectivity index (χ1n) is 7.49. The zero-order chi connectivity index (χ0) is 14.3. The molecule has 0 aliphatic carbocycles. The quantitative estimate of drug-likeness (QED) is 0.801. The van der Waals surface area contributed by atoms with Crippen molar-refractivity contribution in [3.8, 4) is 0 Å². The van der Waals surface area contributed by atoms with E-state index in [0.717, 1.165) is 25.9 Å². The number of nitrogens with zero attached hydrogens (tertiary/aromatic N) is 1. The lowest BCUT2D eigenvalue weighted by atomic mass is 10.0. The molecule has 1 unspecified atom stereocenters. The summed E-state index contributed by atoms with van der Waals surface area (Å²) in [5, 5.41) is 2.96. The van der Waals surface area contributed by atoms with E-state index in [1.54, 1.807) is 6.92 Å². The Balaban J connectivity index is 2.49. The Morgan fingerprint density at radius 1 is 1.26 bits per heavy atom. The molecule has 1 saturated heterocycles. The van der Waals surface area contributed by atoms with E-state index in [1.165, 1.54) is 12.8 Å². The molecule has 4 nitrogen and oxygen atoms in total. The summed E-state index contributed by atoms with van der Waals surface area (Å²) in [6, 6.07) is 0.254. The highest BCUT2D eigenvalue weighted by Gasteiger charge is 2.23. The van der Waals surface area contributed by atoms with E-state index in [9.17, 15) is 9.59 Å². The van der Waals surface area contributed by atoms with Gasteiger partial charge in [0, 0.05) is 19.0 Å². The van der Waals surface area contributed by atoms with Crippen LogP contribution in [0.25, 0.3) is 0 Å². The predicted octanol–water partition coefficient (Wildman–Crippen LogP) is 1.98. The van der Waals surface area contributed by atoms with E-state index in [0.29, 0.717) is 18.9 Å². The van der Waals surface area contributed by atoms with Crippen LogP contribution >= 0.6 is 0 Å². The van der Waals surface area contributed by atoms with Crippen LogP contribution in [0.3, 0.4) is 0 Å². The van der Waals surface area contributed by atoms with Crippen molar-refractivity contribution in [2.24, 2.45) is 5.92 Å². The highest BCUT2D eigenvalue weighted by Crippen LogP contribution is 2.19. The second kappa shape index (κ2) is 8.31. The van der Waals surface area contributed by atoms with E-state index >= 15 is 0 Å². The first-order chi connectivity index (χ1) is 8.99. The lowest BCUT2D eigenvalue weighted by Crippen LogP contribution is -2.44. The third-order valence-corrected chi connectivity index (χ3v) is 3.58. The van der Waals surface area contributed by atoms with Gasteiger partial charge in [-0.25, -0.2) is 0 Å². The molecule has 4 heteroatoms. The number of carbonyl (C=O) groups is 2. The molecule has 1 fully saturated rings. The molecular weight excluding hydrogens is 240 g/mol. The highest BCUT2D eigenvalue weighted by atomic mass is 16.2. The molecule has 0 saturated carbocycles. The minimum absolute atomic E-state index is 0.0872. The molecule has 0 spiro atoms. The second-order valence-electron chi connectivity index (χ2n) is 6.08. The Kier molecular flexibility index (Phi) is 7.06. The van der Waals surface area contributed by atoms with Crippen LogP contribution in [0, 0.1) is 5.92 Å². The summed E-state index contributed by atoms with van der Waals surface area (Å²) in [4.78, 5) is 25.5. The van der Waals surface area contributed by atoms with Gasteiger partial charge in [0.05, 0.1) is 6.54 Å². The predicted molar refractivity (Wildman–Crippen MR) is 77.0 cm³/mol. The molecule has 19 heavy (non-hydrogen) atoms. The average molecular weight is 268 g/mol. The Hall–Kier alpha value is -0.900. The molecule has 1 aliphatic rings. The van der Waals surface area contributed by atoms with Crippen LogP contribution in [0.4, 0.5) is 0 Å². The zero-order valence-electron chi connectivity index (χ0n) is 12.6. The van der Waals surface area contributed by atoms with Crippen molar-refractivity contribution in [2.75, 3.05) is 19.6 Å². The standard InChI is InChI=1S/C15H28N2O2/c1-12(2)10-16-15(19)11-17-8-6-4-5-7-14(17)9-13(3)18/h12,14H,4-11H2,1-3H3,(H,16,19). The average Bonchev–Trinajstić information content (AvgIpc) is 2.52. The van der Waals surface area contributed by atoms with Crippen LogP contribution in [0.5, 0.6) is 0 Å². The van der Waals surface area contributed by atoms with Gasteiger partial charge in [-0.3, -0.25) is 14.5 Å². The lowest BCUT2D eigenvalue weighted by Gasteiger charge is -2.28. The van der Waals surface area contributed by atoms with E-state index in [-0.39, 0.29) is 17.7 Å². The summed E-state index contributed by atoms with van der Waals surface area (Å²) in [6.07, 6.45) is 5.13. The molecule has 1 heterocycles. The molecule has 1 amide bonds. The van der Waals surface area contributed by atoms with Gasteiger partial charge in [-0.15, -0.1) is 0 Å². The second-order valence-corrected chi connectivity index (χ2v) is 6.08. The number of hydrogen-bond donors (Lipinski definition) is 1. The third kappa shape index (κ3) is 6.71. The van der Waals surface area contributed by atoms with Crippen molar-refractivity contribution in [2.45, 2.75) is 58.9 Å². The summed E-state index contributed by atoms with van der Waals surface area (Å²) in [7, 11) is 0. The normalized spacial score (nSPS) is 21.2. The number of likely N-dealkylation sites (tertiary alicyclic amines) is 1. The SMILES string of the molecule is CC(=O)CC1CCCCCN1CC(=O)NCC(C)C. The van der Waals surface area contributed by atoms with E-state index in [4.69, 9.17) is 0 Å². The first-order valence-corrected chi connectivity index (χ1v) is 7.49. The van der Waals surface area contributed by atoms with Crippen molar-refractivity contribution in [3.63, 3.8) is 0 Å². The van der Waals surface area contributed by atoms with Gasteiger partial charge in [-0.05, 0) is 32.2 Å². The number of amides is 1. The van der Waals surface area contributed by atoms with Gasteiger partial charge in [0.1, 0.15) is 5.78 Å². The van der Waals surface area contributed by atoms with Gasteiger partial charge in [0.25, 0.3) is 0 Å². The third-order valence-electron chi connectivity index (χ3n) is 3.58. The van der Waals surface area contributed by atoms with E-state index < -0.39 is 0 Å². The minimum atomic E-state index is 0.0872. The molecule has 0 radical (unpaired) electrons. The number of rotatable bonds is 6. The van der Waals surface area contributed by atoms with Crippen LogP contribution in [0.15, 0.2) is 0 Å². The molecule has 0 aromatic heterocycles. The number of ketones is 1. The van der Waals surface area contributed by atoms with Gasteiger partial charge in [-0.2, -0.15) is 0 Å². The fourth-order valence-corrected chi connectivity index (χ4v) is 2.57. The molecule has 110 valence electrons. The zero-order valence-corrected chi connectivity index (χ0v) is 12.6. The maximum atomic E-state index is 11.9. The summed E-state index contributed by atoms with van der Waals surface area (Å²) in [6.45, 7) is 7.92. The van der Waals surface area contributed by atoms with Gasteiger partial charge in [0.2, 0.25) is 5.91 Å². The van der Waals surface area contributed by atoms with Crippen LogP contribution in [0.1, 0.15) is 52.9 Å². The van der Waals surface area contributed by atoms with Gasteiger partial charge >= 0.3 is 0 Å². The van der Waals surface area contributed by atoms with Crippen molar-refractivity contribution in [3.05, 3.63) is 0 Å². The Labute approximate surface area is 116 Å². The Morgan fingerprint density at radius 2 is 2.00 bits per heavy atom. The number of nitrogens with one attached hydrogen (secondary N) is 1. The van der Waals surface area contributed by atoms with Crippen molar-refractivity contribution >= 4 is 11.7 Å². The summed E-state index contributed by atoms with van der Waals surface area (Å²) in [5.41, 5.74) is 0. The Morgan fingerprint density at radius 3 is 2.63 bits per heavy atom. The van der Waals surface area contributed by atoms with E-state index in [1.807, 2.05) is 0 Å². The molecule has 1 aliphatic heterocycles. The minimum Gasteiger partial charge on any atom is -0.355 e. The molecule has 1 N–H and O–H groups in total. The molecular formula is C15H28N2O2. The number of hydrogen-bond acceptors (Lipinski definition) is 3. The van der Waals surface area contributed by atoms with Crippen molar-refractivity contribution < 1.29 is 9.59 Å². The number of Topliss-reactive ketones (excluding diaryl/α,β-unsaturated/α-hetero) is 1. The summed E-state index contributed by atoms with van der Waals surface area (Å²) in [5.74, 6) is 0.782. The van der Waals surface area contributed by atoms with Gasteiger partial charge in [0.15, 0.2) is 0 Å². The maximum absolute atomic E-state index is 11.9. The smallest absolute Gasteiger partial charge is 0.234 e. The van der Waals surface area contributed by atoms with Crippen LogP contribution in [-0.4, -0.2) is 42.3 Å². The summed E-state index contributed by atoms with van der Waals surface area (Å²) < 4.78 is 0. The Bertz CT molecular complexity index is 303. The monoisotopic (exact) mass is 268 g/mol. The fraction of sp³-hybridized carbons (Fsp3) is 0.867. The first kappa shape index (κ1) is 16.2. The van der Waals surface area contributed by atoms with Gasteiger partial charge < -0.3 is 5.32 Å². The lowest BCUT2D eigenvalue weighted by molar-refractivity contribution is -0.124. The van der Waals surface area contributed by atoms with Crippen molar-refractivity contribution in [1.82, 2.24) is 10.2 Å². The maximum Gasteiger partial charge on any atom is 0.234 e. The largest absolute Gasteiger partial charge is 0.355 e. The molecule has 1 rings (SSSR count). The van der Waals surface area contributed by atoms with Gasteiger partial charge in [-0.1, -0.05) is 26.7 Å². The number of carbonyl (C=O) groups excluding carboxylic acids is 2. The summed E-state index contributed by atoms with van der Waals surface area (Å²) >= 11 is 0. The molecule has 1 atom stereocenters. The van der Waals surface area contributed by atoms with Crippen LogP contribution < -0.4 is 5.32 Å². The van der Waals surface area contributed by atoms with E-state index in [2.05, 4.69) is 24.1 Å². The topological polar surface area (TPSA) is 49.4 Å². The van der Waals surface area contributed by atoms with Crippen LogP contribution in [-0.2, 0) is 9.59 Å². The fourth-order valence-electron chi connectivity index (χ4n) is 2.57. The van der Waals surface area contributed by atoms with Crippen LogP contribution in [0.2, 0.25) is 0 Å². The molecule has 0 aromatic carbocycles. The van der Waals surface area contributed by atoms with Crippen molar-refractivity contribution in [1.29, 1.82) is 0 Å². The molecule has 0 aromatic rings.